The number of allylic oxidation sites excluding steroid dienone is 1. The van der Waals surface area contributed by atoms with Crippen LogP contribution in [0.1, 0.15) is 15.9 Å². The van der Waals surface area contributed by atoms with Crippen molar-refractivity contribution >= 4 is 11.9 Å². The Kier molecular flexibility index (Phi) is 4.49. The van der Waals surface area contributed by atoms with Crippen molar-refractivity contribution in [2.75, 3.05) is 7.11 Å². The van der Waals surface area contributed by atoms with Crippen LogP contribution in [0.2, 0.25) is 0 Å². The first-order valence-electron chi connectivity index (χ1n) is 6.73. The first kappa shape index (κ1) is 16.3. The van der Waals surface area contributed by atoms with E-state index in [4.69, 9.17) is 4.74 Å². The van der Waals surface area contributed by atoms with Gasteiger partial charge in [-0.2, -0.15) is 0 Å². The van der Waals surface area contributed by atoms with E-state index in [1.807, 2.05) is 0 Å². The summed E-state index contributed by atoms with van der Waals surface area (Å²) in [7, 11) is 4.02. The van der Waals surface area contributed by atoms with E-state index in [9.17, 15) is 19.5 Å². The number of hydrogen-bond donors (Lipinski definition) is 1. The molecule has 2 aromatic rings. The maximum Gasteiger partial charge on any atom is 0.333 e. The number of ether oxygens (including phenoxy) is 1. The lowest BCUT2D eigenvalue weighted by Gasteiger charge is -2.08. The fourth-order valence-electron chi connectivity index (χ4n) is 2.10. The van der Waals surface area contributed by atoms with Crippen molar-refractivity contribution in [3.63, 3.8) is 0 Å². The minimum atomic E-state index is -0.847. The summed E-state index contributed by atoms with van der Waals surface area (Å²) in [6.45, 7) is 0. The van der Waals surface area contributed by atoms with Crippen LogP contribution in [0.25, 0.3) is 6.08 Å². The average molecular weight is 316 g/mol. The zero-order valence-electron chi connectivity index (χ0n) is 12.9. The molecule has 0 amide bonds. The van der Waals surface area contributed by atoms with Gasteiger partial charge in [-0.05, 0) is 18.2 Å². The van der Waals surface area contributed by atoms with Gasteiger partial charge in [-0.3, -0.25) is 18.7 Å². The highest BCUT2D eigenvalue weighted by Crippen LogP contribution is 2.19. The molecular weight excluding hydrogens is 300 g/mol. The summed E-state index contributed by atoms with van der Waals surface area (Å²) in [6, 6.07) is 7.02. The highest BCUT2D eigenvalue weighted by atomic mass is 16.5. The molecule has 0 aliphatic carbocycles. The number of carbonyl (C=O) groups excluding carboxylic acids is 1. The molecule has 0 aliphatic heterocycles. The van der Waals surface area contributed by atoms with E-state index in [1.54, 1.807) is 24.3 Å². The molecule has 0 spiro atoms. The number of hydrogen-bond acceptors (Lipinski definition) is 5. The highest BCUT2D eigenvalue weighted by molar-refractivity contribution is 6.08. The molecule has 0 saturated heterocycles. The standard InChI is InChI=1S/C16H16N2O5/c1-17-14(20)13(15(21)18(2)16(17)22)11(19)9-8-10-6-4-5-7-12(10)23-3/h4-9,20H,1-3H3. The molecule has 0 radical (unpaired) electrons. The zero-order chi connectivity index (χ0) is 17.1. The molecule has 0 fully saturated rings. The van der Waals surface area contributed by atoms with Gasteiger partial charge in [-0.15, -0.1) is 0 Å². The Morgan fingerprint density at radius 3 is 2.48 bits per heavy atom. The Morgan fingerprint density at radius 2 is 1.83 bits per heavy atom. The van der Waals surface area contributed by atoms with Gasteiger partial charge in [0.2, 0.25) is 5.88 Å². The molecule has 23 heavy (non-hydrogen) atoms. The Labute approximate surface area is 131 Å². The second-order valence-corrected chi connectivity index (χ2v) is 4.84. The van der Waals surface area contributed by atoms with Gasteiger partial charge in [0.15, 0.2) is 5.78 Å². The van der Waals surface area contributed by atoms with Gasteiger partial charge in [0, 0.05) is 19.7 Å². The van der Waals surface area contributed by atoms with Gasteiger partial charge in [0.25, 0.3) is 5.56 Å². The molecule has 1 aromatic carbocycles. The molecule has 2 rings (SSSR count). The quantitative estimate of drug-likeness (QED) is 0.662. The van der Waals surface area contributed by atoms with Crippen molar-refractivity contribution in [3.05, 3.63) is 62.3 Å². The van der Waals surface area contributed by atoms with Crippen molar-refractivity contribution in [1.82, 2.24) is 9.13 Å². The van der Waals surface area contributed by atoms with Gasteiger partial charge in [-0.1, -0.05) is 18.2 Å². The smallest absolute Gasteiger partial charge is 0.333 e. The van der Waals surface area contributed by atoms with Gasteiger partial charge >= 0.3 is 5.69 Å². The Hall–Kier alpha value is -3.09. The molecule has 1 heterocycles. The zero-order valence-corrected chi connectivity index (χ0v) is 12.9. The summed E-state index contributed by atoms with van der Waals surface area (Å²) in [6.07, 6.45) is 2.63. The minimum Gasteiger partial charge on any atom is -0.496 e. The number of para-hydroxylation sites is 1. The van der Waals surface area contributed by atoms with Crippen LogP contribution in [0.4, 0.5) is 0 Å². The number of benzene rings is 1. The fraction of sp³-hybridized carbons (Fsp3) is 0.188. The molecule has 7 heteroatoms. The lowest BCUT2D eigenvalue weighted by molar-refractivity contribution is 0.104. The molecular formula is C16H16N2O5. The first-order valence-corrected chi connectivity index (χ1v) is 6.73. The fourth-order valence-corrected chi connectivity index (χ4v) is 2.10. The first-order chi connectivity index (χ1) is 10.9. The summed E-state index contributed by atoms with van der Waals surface area (Å²) < 4.78 is 6.77. The number of rotatable bonds is 4. The summed E-state index contributed by atoms with van der Waals surface area (Å²) in [5, 5.41) is 9.92. The lowest BCUT2D eigenvalue weighted by atomic mass is 10.1. The number of aromatic nitrogens is 2. The van der Waals surface area contributed by atoms with Crippen molar-refractivity contribution in [2.45, 2.75) is 0 Å². The van der Waals surface area contributed by atoms with E-state index in [1.165, 1.54) is 27.3 Å². The van der Waals surface area contributed by atoms with E-state index in [0.29, 0.717) is 11.3 Å². The van der Waals surface area contributed by atoms with Crippen molar-refractivity contribution in [1.29, 1.82) is 0 Å². The second-order valence-electron chi connectivity index (χ2n) is 4.84. The molecule has 0 aliphatic rings. The molecule has 120 valence electrons. The number of nitrogens with zero attached hydrogens (tertiary/aromatic N) is 2. The number of carbonyl (C=O) groups is 1. The van der Waals surface area contributed by atoms with Crippen molar-refractivity contribution < 1.29 is 14.6 Å². The maximum atomic E-state index is 12.3. The topological polar surface area (TPSA) is 90.5 Å². The third-order valence-corrected chi connectivity index (χ3v) is 3.43. The van der Waals surface area contributed by atoms with Crippen LogP contribution in [0, 0.1) is 0 Å². The van der Waals surface area contributed by atoms with E-state index in [2.05, 4.69) is 0 Å². The molecule has 7 nitrogen and oxygen atoms in total. The van der Waals surface area contributed by atoms with Crippen LogP contribution in [0.5, 0.6) is 11.6 Å². The summed E-state index contributed by atoms with van der Waals surface area (Å²) >= 11 is 0. The van der Waals surface area contributed by atoms with E-state index >= 15 is 0 Å². The largest absolute Gasteiger partial charge is 0.496 e. The van der Waals surface area contributed by atoms with Crippen LogP contribution in [0.15, 0.2) is 39.9 Å². The van der Waals surface area contributed by atoms with Crippen molar-refractivity contribution in [2.24, 2.45) is 14.1 Å². The SMILES string of the molecule is COc1ccccc1C=CC(=O)c1c(O)n(C)c(=O)n(C)c1=O. The minimum absolute atomic E-state index is 0.458. The van der Waals surface area contributed by atoms with Gasteiger partial charge in [0.05, 0.1) is 7.11 Å². The summed E-state index contributed by atoms with van der Waals surface area (Å²) in [4.78, 5) is 36.0. The predicted molar refractivity (Wildman–Crippen MR) is 84.9 cm³/mol. The molecule has 1 aromatic heterocycles. The Balaban J connectivity index is 2.49. The summed E-state index contributed by atoms with van der Waals surface area (Å²) in [5.74, 6) is -0.800. The normalized spacial score (nSPS) is 10.9. The van der Waals surface area contributed by atoms with Crippen LogP contribution < -0.4 is 16.0 Å². The number of methoxy groups -OCH3 is 1. The van der Waals surface area contributed by atoms with Crippen LogP contribution in [0.3, 0.4) is 0 Å². The van der Waals surface area contributed by atoms with Crippen LogP contribution in [-0.4, -0.2) is 27.1 Å². The van der Waals surface area contributed by atoms with E-state index in [-0.39, 0.29) is 0 Å². The van der Waals surface area contributed by atoms with Gasteiger partial charge in [-0.25, -0.2) is 4.79 Å². The molecule has 0 atom stereocenters. The van der Waals surface area contributed by atoms with E-state index in [0.717, 1.165) is 15.2 Å². The average Bonchev–Trinajstić information content (AvgIpc) is 2.56. The van der Waals surface area contributed by atoms with Crippen LogP contribution >= 0.6 is 0 Å². The third kappa shape index (κ3) is 2.94. The predicted octanol–water partition coefficient (Wildman–Crippen LogP) is 0.694. The Bertz CT molecular complexity index is 906. The number of ketones is 1. The molecule has 1 N–H and O–H groups in total. The molecule has 0 saturated carbocycles. The maximum absolute atomic E-state index is 12.3. The monoisotopic (exact) mass is 316 g/mol. The van der Waals surface area contributed by atoms with Crippen molar-refractivity contribution in [3.8, 4) is 11.6 Å². The second kappa shape index (κ2) is 6.35. The molecule has 0 unspecified atom stereocenters. The molecule has 0 bridgehead atoms. The summed E-state index contributed by atoms with van der Waals surface area (Å²) in [5.41, 5.74) is -1.37. The van der Waals surface area contributed by atoms with Gasteiger partial charge < -0.3 is 9.84 Å². The number of aromatic hydroxyl groups is 1. The van der Waals surface area contributed by atoms with E-state index < -0.39 is 28.5 Å². The Morgan fingerprint density at radius 1 is 1.17 bits per heavy atom. The van der Waals surface area contributed by atoms with Gasteiger partial charge in [0.1, 0.15) is 11.3 Å². The lowest BCUT2D eigenvalue weighted by Crippen LogP contribution is -2.39. The van der Waals surface area contributed by atoms with Crippen LogP contribution in [-0.2, 0) is 14.1 Å². The highest BCUT2D eigenvalue weighted by Gasteiger charge is 2.19. The third-order valence-electron chi connectivity index (χ3n) is 3.43.